The summed E-state index contributed by atoms with van der Waals surface area (Å²) in [6.07, 6.45) is 0. The molecule has 2 aromatic heterocycles. The van der Waals surface area contributed by atoms with Crippen LogP contribution in [-0.4, -0.2) is 27.9 Å². The first-order chi connectivity index (χ1) is 18.6. The molecule has 40 heavy (non-hydrogen) atoms. The van der Waals surface area contributed by atoms with Gasteiger partial charge in [0.15, 0.2) is 0 Å². The molecule has 6 nitrogen and oxygen atoms in total. The minimum atomic E-state index is -5.84. The molecule has 0 N–H and O–H groups in total. The molecule has 0 unspecified atom stereocenters. The molecule has 0 bridgehead atoms. The van der Waals surface area contributed by atoms with E-state index in [2.05, 4.69) is 8.37 Å². The normalized spacial score (nSPS) is 13.7. The van der Waals surface area contributed by atoms with Gasteiger partial charge in [0.2, 0.25) is 0 Å². The first-order valence-electron chi connectivity index (χ1n) is 10.8. The quantitative estimate of drug-likeness (QED) is 0.111. The van der Waals surface area contributed by atoms with E-state index in [4.69, 9.17) is 0 Å². The van der Waals surface area contributed by atoms with Crippen molar-refractivity contribution < 1.29 is 51.5 Å². The van der Waals surface area contributed by atoms with Crippen molar-refractivity contribution in [2.75, 3.05) is 0 Å². The molecule has 0 radical (unpaired) electrons. The van der Waals surface area contributed by atoms with E-state index >= 15 is 0 Å². The van der Waals surface area contributed by atoms with Gasteiger partial charge in [0, 0.05) is 20.2 Å². The van der Waals surface area contributed by atoms with Gasteiger partial charge in [-0.15, -0.1) is 22.7 Å². The monoisotopic (exact) mass is 636 g/mol. The fraction of sp³-hybridized carbons (Fsp3) is 0.0833. The van der Waals surface area contributed by atoms with E-state index in [9.17, 15) is 43.2 Å². The topological polar surface area (TPSA) is 86.7 Å². The van der Waals surface area contributed by atoms with Gasteiger partial charge in [-0.2, -0.15) is 43.2 Å². The van der Waals surface area contributed by atoms with E-state index < -0.39 is 42.8 Å². The summed E-state index contributed by atoms with van der Waals surface area (Å²) in [5, 5.41) is 3.74. The van der Waals surface area contributed by atoms with Crippen LogP contribution in [0.15, 0.2) is 60.7 Å². The van der Waals surface area contributed by atoms with Crippen LogP contribution in [0.4, 0.5) is 26.3 Å². The molecular weight excluding hydrogens is 627 g/mol. The fourth-order valence-electron chi connectivity index (χ4n) is 4.31. The predicted octanol–water partition coefficient (Wildman–Crippen LogP) is 8.03. The van der Waals surface area contributed by atoms with Crippen molar-refractivity contribution >= 4 is 94.0 Å². The third kappa shape index (κ3) is 4.20. The molecule has 208 valence electrons. The van der Waals surface area contributed by atoms with Gasteiger partial charge in [-0.25, -0.2) is 0 Å². The van der Waals surface area contributed by atoms with Crippen LogP contribution >= 0.6 is 22.7 Å². The van der Waals surface area contributed by atoms with Crippen LogP contribution in [0, 0.1) is 0 Å². The molecule has 0 saturated carbocycles. The minimum Gasteiger partial charge on any atom is -0.376 e. The molecule has 6 aromatic rings. The lowest BCUT2D eigenvalue weighted by Gasteiger charge is -2.10. The number of rotatable bonds is 4. The first-order valence-corrected chi connectivity index (χ1v) is 15.3. The van der Waals surface area contributed by atoms with Gasteiger partial charge < -0.3 is 8.37 Å². The molecule has 0 aliphatic heterocycles. The van der Waals surface area contributed by atoms with E-state index in [-0.39, 0.29) is 0 Å². The van der Waals surface area contributed by atoms with Gasteiger partial charge in [0.1, 0.15) is 11.5 Å². The van der Waals surface area contributed by atoms with Crippen LogP contribution in [0.2, 0.25) is 0 Å². The fourth-order valence-corrected chi connectivity index (χ4v) is 7.96. The summed E-state index contributed by atoms with van der Waals surface area (Å²) in [6, 6.07) is 14.3. The maximum atomic E-state index is 12.7. The molecule has 0 saturated heterocycles. The number of halogens is 6. The van der Waals surface area contributed by atoms with Crippen LogP contribution in [0.25, 0.3) is 51.1 Å². The Balaban J connectivity index is 1.50. The molecular formula is C24H10F6O6S4. The molecule has 6 rings (SSSR count). The Morgan fingerprint density at radius 3 is 1.27 bits per heavy atom. The van der Waals surface area contributed by atoms with Crippen molar-refractivity contribution in [2.45, 2.75) is 11.0 Å². The SMILES string of the molecule is O=S(=O)(Oc1ccc2c(ccc3sc4c(sc5ccc6cc(OS(=O)(=O)C(F)(F)F)ccc6c54)c32)c1)C(F)(F)F. The third-order valence-corrected chi connectivity index (χ3v) is 10.4. The second kappa shape index (κ2) is 8.58. The van der Waals surface area contributed by atoms with Crippen LogP contribution in [0.3, 0.4) is 0 Å². The zero-order valence-electron chi connectivity index (χ0n) is 19.1. The zero-order valence-corrected chi connectivity index (χ0v) is 22.4. The summed E-state index contributed by atoms with van der Waals surface area (Å²) in [5.41, 5.74) is -11.2. The summed E-state index contributed by atoms with van der Waals surface area (Å²) in [5.74, 6) is -0.993. The highest BCUT2D eigenvalue weighted by Crippen LogP contribution is 2.49. The van der Waals surface area contributed by atoms with Gasteiger partial charge in [-0.3, -0.25) is 0 Å². The molecule has 0 spiro atoms. The highest BCUT2D eigenvalue weighted by Gasteiger charge is 2.49. The summed E-state index contributed by atoms with van der Waals surface area (Å²) >= 11 is 2.84. The Hall–Kier alpha value is -3.34. The predicted molar refractivity (Wildman–Crippen MR) is 141 cm³/mol. The first kappa shape index (κ1) is 26.9. The maximum Gasteiger partial charge on any atom is 0.534 e. The number of fused-ring (bicyclic) bond motifs is 9. The summed E-state index contributed by atoms with van der Waals surface area (Å²) < 4.78 is 134. The minimum absolute atomic E-state index is 0.442. The number of alkyl halides is 6. The Bertz CT molecular complexity index is 2070. The third-order valence-electron chi connectivity index (χ3n) is 5.97. The largest absolute Gasteiger partial charge is 0.534 e. The van der Waals surface area contributed by atoms with Gasteiger partial charge in [-0.05, 0) is 70.1 Å². The van der Waals surface area contributed by atoms with Gasteiger partial charge in [-0.1, -0.05) is 12.1 Å². The molecule has 0 amide bonds. The van der Waals surface area contributed by atoms with Crippen LogP contribution in [-0.2, 0) is 20.2 Å². The average molecular weight is 637 g/mol. The summed E-state index contributed by atoms with van der Waals surface area (Å²) in [4.78, 5) is 0. The Kier molecular flexibility index (Phi) is 5.76. The molecule has 2 heterocycles. The average Bonchev–Trinajstić information content (AvgIpc) is 3.38. The van der Waals surface area contributed by atoms with Crippen molar-refractivity contribution in [3.8, 4) is 11.5 Å². The Labute approximate surface area is 228 Å². The van der Waals surface area contributed by atoms with Gasteiger partial charge in [0.25, 0.3) is 0 Å². The van der Waals surface area contributed by atoms with Crippen molar-refractivity contribution in [1.82, 2.24) is 0 Å². The van der Waals surface area contributed by atoms with E-state index in [1.54, 1.807) is 24.3 Å². The molecule has 16 heteroatoms. The lowest BCUT2D eigenvalue weighted by Crippen LogP contribution is -2.28. The molecule has 0 aliphatic carbocycles. The van der Waals surface area contributed by atoms with Gasteiger partial charge >= 0.3 is 31.3 Å². The smallest absolute Gasteiger partial charge is 0.376 e. The Morgan fingerprint density at radius 2 is 0.925 bits per heavy atom. The number of hydrogen-bond acceptors (Lipinski definition) is 8. The maximum absolute atomic E-state index is 12.7. The van der Waals surface area contributed by atoms with E-state index in [0.717, 1.165) is 41.7 Å². The second-order valence-corrected chi connectivity index (χ2v) is 13.7. The number of hydrogen-bond donors (Lipinski definition) is 0. The van der Waals surface area contributed by atoms with E-state index in [1.807, 2.05) is 0 Å². The van der Waals surface area contributed by atoms with Crippen LogP contribution in [0.1, 0.15) is 0 Å². The van der Waals surface area contributed by atoms with Crippen LogP contribution in [0.5, 0.6) is 11.5 Å². The lowest BCUT2D eigenvalue weighted by atomic mass is 10.0. The van der Waals surface area contributed by atoms with Crippen LogP contribution < -0.4 is 8.37 Å². The second-order valence-electron chi connectivity index (χ2n) is 8.47. The molecule has 0 fully saturated rings. The molecule has 4 aromatic carbocycles. The number of benzene rings is 4. The summed E-state index contributed by atoms with van der Waals surface area (Å²) in [7, 11) is -11.7. The van der Waals surface area contributed by atoms with Crippen molar-refractivity contribution in [1.29, 1.82) is 0 Å². The lowest BCUT2D eigenvalue weighted by molar-refractivity contribution is -0.0504. The van der Waals surface area contributed by atoms with E-state index in [0.29, 0.717) is 21.5 Å². The highest BCUT2D eigenvalue weighted by atomic mass is 32.2. The van der Waals surface area contributed by atoms with Crippen molar-refractivity contribution in [3.63, 3.8) is 0 Å². The highest BCUT2D eigenvalue weighted by molar-refractivity contribution is 7.88. The molecule has 0 atom stereocenters. The molecule has 0 aliphatic rings. The van der Waals surface area contributed by atoms with Crippen molar-refractivity contribution in [2.24, 2.45) is 0 Å². The number of thiophene rings is 2. The zero-order chi connectivity index (χ0) is 28.8. The van der Waals surface area contributed by atoms with E-state index in [1.165, 1.54) is 46.9 Å². The standard InChI is InChI=1S/C24H10F6O6S4/c25-23(26,27)39(31,32)35-13-3-5-15-11(9-13)1-7-17-19(15)21-22(37-17)20-16-6-4-14(36-40(33,34)24(28,29)30)10-12(16)2-8-18(20)38-21/h1-10H. The summed E-state index contributed by atoms with van der Waals surface area (Å²) in [6.45, 7) is 0. The van der Waals surface area contributed by atoms with Gasteiger partial charge in [0.05, 0.1) is 9.40 Å². The Morgan fingerprint density at radius 1 is 0.550 bits per heavy atom. The van der Waals surface area contributed by atoms with Crippen molar-refractivity contribution in [3.05, 3.63) is 60.7 Å².